The Hall–Kier alpha value is -0.160. The summed E-state index contributed by atoms with van der Waals surface area (Å²) in [6, 6.07) is 0. The van der Waals surface area contributed by atoms with Crippen LogP contribution in [0.5, 0.6) is 0 Å². The van der Waals surface area contributed by atoms with Crippen LogP contribution < -0.4 is 5.48 Å². The van der Waals surface area contributed by atoms with E-state index in [9.17, 15) is 0 Å². The van der Waals surface area contributed by atoms with Crippen molar-refractivity contribution >= 4 is 0 Å². The minimum absolute atomic E-state index is 0.00711. The highest BCUT2D eigenvalue weighted by molar-refractivity contribution is 5.01. The molecule has 1 saturated carbocycles. The Labute approximate surface area is 91.2 Å². The predicted molar refractivity (Wildman–Crippen MR) is 56.2 cm³/mol. The zero-order valence-electron chi connectivity index (χ0n) is 9.62. The maximum absolute atomic E-state index is 5.90. The van der Waals surface area contributed by atoms with Gasteiger partial charge in [-0.25, -0.2) is 0 Å². The number of ether oxygens (including phenoxy) is 2. The third-order valence-electron chi connectivity index (χ3n) is 3.46. The number of hydroxylamine groups is 1. The van der Waals surface area contributed by atoms with E-state index in [4.69, 9.17) is 14.3 Å². The highest BCUT2D eigenvalue weighted by Crippen LogP contribution is 2.41. The van der Waals surface area contributed by atoms with E-state index < -0.39 is 0 Å². The summed E-state index contributed by atoms with van der Waals surface area (Å²) in [5.41, 5.74) is 3.14. The summed E-state index contributed by atoms with van der Waals surface area (Å²) >= 11 is 0. The van der Waals surface area contributed by atoms with Gasteiger partial charge in [-0.1, -0.05) is 12.8 Å². The molecule has 0 amide bonds. The normalized spacial score (nSPS) is 40.4. The fourth-order valence-electron chi connectivity index (χ4n) is 2.81. The summed E-state index contributed by atoms with van der Waals surface area (Å²) in [5, 5.41) is 0. The van der Waals surface area contributed by atoms with Crippen molar-refractivity contribution in [2.75, 3.05) is 13.7 Å². The van der Waals surface area contributed by atoms with Crippen LogP contribution in [-0.4, -0.2) is 31.6 Å². The molecule has 0 radical (unpaired) electrons. The summed E-state index contributed by atoms with van der Waals surface area (Å²) in [7, 11) is 1.68. The molecular weight excluding hydrogens is 194 g/mol. The van der Waals surface area contributed by atoms with E-state index in [1.807, 2.05) is 6.92 Å². The minimum Gasteiger partial charge on any atom is -0.353 e. The van der Waals surface area contributed by atoms with Crippen molar-refractivity contribution in [1.29, 1.82) is 0 Å². The van der Waals surface area contributed by atoms with Gasteiger partial charge in [-0.05, 0) is 19.8 Å². The molecule has 1 aliphatic carbocycles. The van der Waals surface area contributed by atoms with E-state index in [-0.39, 0.29) is 17.9 Å². The SMILES string of the molecule is CCOC1C[C@@]2(NOC)CCCC[C@H]2O1. The zero-order chi connectivity index (χ0) is 10.7. The first-order chi connectivity index (χ1) is 7.30. The van der Waals surface area contributed by atoms with Crippen LogP contribution in [-0.2, 0) is 14.3 Å². The maximum atomic E-state index is 5.90. The average Bonchev–Trinajstić information content (AvgIpc) is 2.56. The molecule has 0 aromatic heterocycles. The van der Waals surface area contributed by atoms with E-state index in [0.717, 1.165) is 19.3 Å². The molecule has 1 saturated heterocycles. The van der Waals surface area contributed by atoms with Gasteiger partial charge in [0.2, 0.25) is 0 Å². The Kier molecular flexibility index (Phi) is 3.61. The van der Waals surface area contributed by atoms with Crippen molar-refractivity contribution in [3.05, 3.63) is 0 Å². The molecule has 4 nitrogen and oxygen atoms in total. The highest BCUT2D eigenvalue weighted by Gasteiger charge is 2.50. The fourth-order valence-corrected chi connectivity index (χ4v) is 2.81. The van der Waals surface area contributed by atoms with E-state index in [0.29, 0.717) is 6.61 Å². The van der Waals surface area contributed by atoms with E-state index in [1.165, 1.54) is 12.8 Å². The smallest absolute Gasteiger partial charge is 0.159 e. The molecule has 4 heteroatoms. The van der Waals surface area contributed by atoms with Crippen LogP contribution in [0.2, 0.25) is 0 Å². The van der Waals surface area contributed by atoms with Crippen LogP contribution in [0.1, 0.15) is 39.0 Å². The summed E-state index contributed by atoms with van der Waals surface area (Å²) in [6.45, 7) is 2.71. The molecule has 0 spiro atoms. The number of hydrogen-bond acceptors (Lipinski definition) is 4. The molecule has 0 aromatic rings. The minimum atomic E-state index is -0.0549. The van der Waals surface area contributed by atoms with Crippen LogP contribution in [0.15, 0.2) is 0 Å². The van der Waals surface area contributed by atoms with Gasteiger partial charge in [0.05, 0.1) is 18.8 Å². The Balaban J connectivity index is 2.02. The van der Waals surface area contributed by atoms with Gasteiger partial charge in [0, 0.05) is 13.0 Å². The molecule has 88 valence electrons. The maximum Gasteiger partial charge on any atom is 0.159 e. The molecule has 1 aliphatic heterocycles. The Bertz CT molecular complexity index is 208. The molecule has 3 atom stereocenters. The molecule has 1 unspecified atom stereocenters. The van der Waals surface area contributed by atoms with Gasteiger partial charge in [-0.15, -0.1) is 0 Å². The second-order valence-electron chi connectivity index (χ2n) is 4.42. The summed E-state index contributed by atoms with van der Waals surface area (Å²) < 4.78 is 11.4. The van der Waals surface area contributed by atoms with Crippen LogP contribution in [0.4, 0.5) is 0 Å². The van der Waals surface area contributed by atoms with Crippen LogP contribution in [0.25, 0.3) is 0 Å². The molecule has 2 aliphatic rings. The standard InChI is InChI=1S/C11H21NO3/c1-3-14-10-8-11(12-13-2)7-5-4-6-9(11)15-10/h9-10,12H,3-8H2,1-2H3/t9-,10?,11+/m1/s1. The van der Waals surface area contributed by atoms with E-state index in [2.05, 4.69) is 5.48 Å². The van der Waals surface area contributed by atoms with Crippen LogP contribution in [0, 0.1) is 0 Å². The van der Waals surface area contributed by atoms with Crippen LogP contribution in [0.3, 0.4) is 0 Å². The van der Waals surface area contributed by atoms with E-state index in [1.54, 1.807) is 7.11 Å². The number of nitrogens with one attached hydrogen (secondary N) is 1. The lowest BCUT2D eigenvalue weighted by Gasteiger charge is -2.37. The molecule has 0 bridgehead atoms. The van der Waals surface area contributed by atoms with Gasteiger partial charge >= 0.3 is 0 Å². The van der Waals surface area contributed by atoms with Gasteiger partial charge in [0.25, 0.3) is 0 Å². The van der Waals surface area contributed by atoms with Gasteiger partial charge in [-0.2, -0.15) is 5.48 Å². The van der Waals surface area contributed by atoms with Crippen molar-refractivity contribution in [1.82, 2.24) is 5.48 Å². The first kappa shape index (κ1) is 11.3. The van der Waals surface area contributed by atoms with Gasteiger partial charge < -0.3 is 14.3 Å². The van der Waals surface area contributed by atoms with E-state index >= 15 is 0 Å². The van der Waals surface area contributed by atoms with Crippen LogP contribution >= 0.6 is 0 Å². The van der Waals surface area contributed by atoms with Gasteiger partial charge in [0.1, 0.15) is 0 Å². The summed E-state index contributed by atoms with van der Waals surface area (Å²) in [4.78, 5) is 5.13. The highest BCUT2D eigenvalue weighted by atomic mass is 16.7. The first-order valence-electron chi connectivity index (χ1n) is 5.88. The summed E-state index contributed by atoms with van der Waals surface area (Å²) in [6.07, 6.45) is 5.82. The lowest BCUT2D eigenvalue weighted by atomic mass is 9.79. The molecule has 1 heterocycles. The number of fused-ring (bicyclic) bond motifs is 1. The third-order valence-corrected chi connectivity index (χ3v) is 3.46. The quantitative estimate of drug-likeness (QED) is 0.723. The molecule has 15 heavy (non-hydrogen) atoms. The molecule has 1 N–H and O–H groups in total. The van der Waals surface area contributed by atoms with Crippen molar-refractivity contribution in [3.63, 3.8) is 0 Å². The monoisotopic (exact) mass is 215 g/mol. The van der Waals surface area contributed by atoms with Crippen molar-refractivity contribution < 1.29 is 14.3 Å². The van der Waals surface area contributed by atoms with Gasteiger partial charge in [0.15, 0.2) is 6.29 Å². The topological polar surface area (TPSA) is 39.7 Å². The van der Waals surface area contributed by atoms with Crippen molar-refractivity contribution in [2.24, 2.45) is 0 Å². The largest absolute Gasteiger partial charge is 0.353 e. The Morgan fingerprint density at radius 1 is 1.47 bits per heavy atom. The molecule has 0 aromatic carbocycles. The lowest BCUT2D eigenvalue weighted by molar-refractivity contribution is -0.138. The first-order valence-corrected chi connectivity index (χ1v) is 5.88. The third kappa shape index (κ3) is 2.18. The predicted octanol–water partition coefficient (Wildman–Crippen LogP) is 1.60. The average molecular weight is 215 g/mol. The Morgan fingerprint density at radius 3 is 3.07 bits per heavy atom. The zero-order valence-corrected chi connectivity index (χ0v) is 9.62. The number of hydrogen-bond donors (Lipinski definition) is 1. The molecule has 2 fully saturated rings. The number of rotatable bonds is 4. The molecule has 2 rings (SSSR count). The molecular formula is C11H21NO3. The van der Waals surface area contributed by atoms with Crippen molar-refractivity contribution in [3.8, 4) is 0 Å². The second-order valence-corrected chi connectivity index (χ2v) is 4.42. The Morgan fingerprint density at radius 2 is 2.33 bits per heavy atom. The van der Waals surface area contributed by atoms with Crippen molar-refractivity contribution in [2.45, 2.75) is 57.0 Å². The fraction of sp³-hybridized carbons (Fsp3) is 1.00. The summed E-state index contributed by atoms with van der Waals surface area (Å²) in [5.74, 6) is 0. The second kappa shape index (κ2) is 4.78. The lowest BCUT2D eigenvalue weighted by Crippen LogP contribution is -2.52. The van der Waals surface area contributed by atoms with Gasteiger partial charge in [-0.3, -0.25) is 0 Å².